The van der Waals surface area contributed by atoms with Gasteiger partial charge in [0.2, 0.25) is 0 Å². The van der Waals surface area contributed by atoms with E-state index in [0.29, 0.717) is 5.57 Å². The van der Waals surface area contributed by atoms with Crippen LogP contribution in [0.5, 0.6) is 0 Å². The van der Waals surface area contributed by atoms with Gasteiger partial charge in [0.1, 0.15) is 12.9 Å². The van der Waals surface area contributed by atoms with E-state index in [2.05, 4.69) is 6.58 Å². The summed E-state index contributed by atoms with van der Waals surface area (Å²) in [5.74, 6) is -0.234. The standard InChI is InChI=1S/C13H18O3/c1-5-6-16-12(15)11-10(13(11,3)4)7-9(2)8-14/h5,7-8,10-11H,1,6H2,2-4H3. The van der Waals surface area contributed by atoms with Gasteiger partial charge in [0.25, 0.3) is 0 Å². The van der Waals surface area contributed by atoms with E-state index in [1.165, 1.54) is 0 Å². The van der Waals surface area contributed by atoms with Gasteiger partial charge in [0.15, 0.2) is 0 Å². The van der Waals surface area contributed by atoms with Crippen molar-refractivity contribution in [3.63, 3.8) is 0 Å². The number of carbonyl (C=O) groups is 2. The van der Waals surface area contributed by atoms with Crippen LogP contribution in [0.25, 0.3) is 0 Å². The van der Waals surface area contributed by atoms with E-state index >= 15 is 0 Å². The third-order valence-corrected chi connectivity index (χ3v) is 3.14. The molecule has 1 saturated carbocycles. The zero-order valence-corrected chi connectivity index (χ0v) is 10.0. The third-order valence-electron chi connectivity index (χ3n) is 3.14. The molecule has 3 heteroatoms. The predicted molar refractivity (Wildman–Crippen MR) is 61.7 cm³/mol. The van der Waals surface area contributed by atoms with Gasteiger partial charge in [-0.15, -0.1) is 0 Å². The van der Waals surface area contributed by atoms with Crippen LogP contribution in [0.15, 0.2) is 24.3 Å². The van der Waals surface area contributed by atoms with Crippen molar-refractivity contribution in [2.24, 2.45) is 17.3 Å². The first-order valence-electron chi connectivity index (χ1n) is 5.36. The molecule has 0 aromatic rings. The first kappa shape index (κ1) is 12.7. The van der Waals surface area contributed by atoms with Gasteiger partial charge in [-0.2, -0.15) is 0 Å². The van der Waals surface area contributed by atoms with Gasteiger partial charge in [-0.1, -0.05) is 32.6 Å². The fourth-order valence-corrected chi connectivity index (χ4v) is 1.99. The van der Waals surface area contributed by atoms with Crippen LogP contribution in [-0.2, 0) is 14.3 Å². The molecule has 3 nitrogen and oxygen atoms in total. The summed E-state index contributed by atoms with van der Waals surface area (Å²) >= 11 is 0. The second-order valence-electron chi connectivity index (χ2n) is 4.77. The highest BCUT2D eigenvalue weighted by molar-refractivity contribution is 5.79. The van der Waals surface area contributed by atoms with Crippen molar-refractivity contribution >= 4 is 12.3 Å². The lowest BCUT2D eigenvalue weighted by Gasteiger charge is -2.02. The average Bonchev–Trinajstić information content (AvgIpc) is 2.77. The molecule has 0 aromatic heterocycles. The first-order valence-corrected chi connectivity index (χ1v) is 5.36. The summed E-state index contributed by atoms with van der Waals surface area (Å²) in [6.45, 7) is 9.49. The summed E-state index contributed by atoms with van der Waals surface area (Å²) in [6.07, 6.45) is 4.21. The van der Waals surface area contributed by atoms with E-state index in [4.69, 9.17) is 4.74 Å². The third kappa shape index (κ3) is 2.40. The Bertz CT molecular complexity index is 339. The van der Waals surface area contributed by atoms with Crippen LogP contribution in [0.3, 0.4) is 0 Å². The topological polar surface area (TPSA) is 43.4 Å². The highest BCUT2D eigenvalue weighted by Gasteiger charge is 2.61. The summed E-state index contributed by atoms with van der Waals surface area (Å²) < 4.78 is 5.02. The zero-order chi connectivity index (χ0) is 12.3. The van der Waals surface area contributed by atoms with E-state index in [9.17, 15) is 9.59 Å². The fraction of sp³-hybridized carbons (Fsp3) is 0.538. The van der Waals surface area contributed by atoms with Gasteiger partial charge in [-0.05, 0) is 23.8 Å². The molecule has 16 heavy (non-hydrogen) atoms. The molecular formula is C13H18O3. The molecule has 2 unspecified atom stereocenters. The summed E-state index contributed by atoms with van der Waals surface area (Å²) in [6, 6.07) is 0. The van der Waals surface area contributed by atoms with E-state index < -0.39 is 0 Å². The minimum absolute atomic E-state index is 0.106. The van der Waals surface area contributed by atoms with Crippen LogP contribution < -0.4 is 0 Å². The largest absolute Gasteiger partial charge is 0.461 e. The summed E-state index contributed by atoms with van der Waals surface area (Å²) in [5, 5.41) is 0. The van der Waals surface area contributed by atoms with Crippen molar-refractivity contribution in [1.82, 2.24) is 0 Å². The summed E-state index contributed by atoms with van der Waals surface area (Å²) in [7, 11) is 0. The normalized spacial score (nSPS) is 27.1. The van der Waals surface area contributed by atoms with E-state index in [1.807, 2.05) is 19.9 Å². The van der Waals surface area contributed by atoms with Crippen molar-refractivity contribution in [3.05, 3.63) is 24.3 Å². The van der Waals surface area contributed by atoms with Gasteiger partial charge in [-0.3, -0.25) is 9.59 Å². The van der Waals surface area contributed by atoms with E-state index in [1.54, 1.807) is 13.0 Å². The summed E-state index contributed by atoms with van der Waals surface area (Å²) in [5.41, 5.74) is 0.555. The maximum Gasteiger partial charge on any atom is 0.310 e. The Balaban J connectivity index is 2.66. The number of ether oxygens (including phenoxy) is 1. The highest BCUT2D eigenvalue weighted by atomic mass is 16.5. The van der Waals surface area contributed by atoms with Gasteiger partial charge in [0, 0.05) is 0 Å². The molecule has 0 heterocycles. The zero-order valence-electron chi connectivity index (χ0n) is 10.0. The van der Waals surface area contributed by atoms with Crippen molar-refractivity contribution in [2.75, 3.05) is 6.61 Å². The van der Waals surface area contributed by atoms with Crippen LogP contribution >= 0.6 is 0 Å². The van der Waals surface area contributed by atoms with Gasteiger partial charge in [0.05, 0.1) is 5.92 Å². The van der Waals surface area contributed by atoms with Gasteiger partial charge in [-0.25, -0.2) is 0 Å². The molecule has 1 aliphatic carbocycles. The van der Waals surface area contributed by atoms with Crippen LogP contribution in [0.2, 0.25) is 0 Å². The molecule has 0 saturated heterocycles. The molecule has 0 aromatic carbocycles. The summed E-state index contributed by atoms with van der Waals surface area (Å²) in [4.78, 5) is 22.2. The Morgan fingerprint density at radius 2 is 2.12 bits per heavy atom. The number of allylic oxidation sites excluding steroid dienone is 2. The molecule has 1 aliphatic rings. The Kier molecular flexibility index (Phi) is 3.68. The number of carbonyl (C=O) groups excluding carboxylic acids is 2. The second-order valence-corrected chi connectivity index (χ2v) is 4.77. The van der Waals surface area contributed by atoms with E-state index in [0.717, 1.165) is 6.29 Å². The molecule has 1 fully saturated rings. The molecule has 0 N–H and O–H groups in total. The smallest absolute Gasteiger partial charge is 0.310 e. The van der Waals surface area contributed by atoms with Crippen molar-refractivity contribution in [1.29, 1.82) is 0 Å². The van der Waals surface area contributed by atoms with Crippen LogP contribution in [0.4, 0.5) is 0 Å². The van der Waals surface area contributed by atoms with Crippen LogP contribution in [0.1, 0.15) is 20.8 Å². The lowest BCUT2D eigenvalue weighted by Crippen LogP contribution is -2.10. The maximum absolute atomic E-state index is 11.7. The first-order chi connectivity index (χ1) is 7.45. The van der Waals surface area contributed by atoms with Gasteiger partial charge < -0.3 is 4.74 Å². The maximum atomic E-state index is 11.7. The average molecular weight is 222 g/mol. The quantitative estimate of drug-likeness (QED) is 0.310. The molecule has 0 aliphatic heterocycles. The number of aldehydes is 1. The minimum atomic E-state index is -0.204. The highest BCUT2D eigenvalue weighted by Crippen LogP contribution is 2.59. The molecule has 0 bridgehead atoms. The predicted octanol–water partition coefficient (Wildman–Crippen LogP) is 2.13. The lowest BCUT2D eigenvalue weighted by atomic mass is 10.1. The lowest BCUT2D eigenvalue weighted by molar-refractivity contribution is -0.144. The number of hydrogen-bond donors (Lipinski definition) is 0. The van der Waals surface area contributed by atoms with E-state index in [-0.39, 0.29) is 29.8 Å². The monoisotopic (exact) mass is 222 g/mol. The number of hydrogen-bond acceptors (Lipinski definition) is 3. The number of esters is 1. The Morgan fingerprint density at radius 1 is 1.50 bits per heavy atom. The second kappa shape index (κ2) is 4.64. The Morgan fingerprint density at radius 3 is 2.62 bits per heavy atom. The van der Waals surface area contributed by atoms with Crippen molar-refractivity contribution in [3.8, 4) is 0 Å². The van der Waals surface area contributed by atoms with Gasteiger partial charge >= 0.3 is 5.97 Å². The van der Waals surface area contributed by atoms with Crippen molar-refractivity contribution in [2.45, 2.75) is 20.8 Å². The van der Waals surface area contributed by atoms with Crippen molar-refractivity contribution < 1.29 is 14.3 Å². The molecule has 88 valence electrons. The fourth-order valence-electron chi connectivity index (χ4n) is 1.99. The van der Waals surface area contributed by atoms with Crippen LogP contribution in [0, 0.1) is 17.3 Å². The Labute approximate surface area is 96.2 Å². The molecule has 0 radical (unpaired) electrons. The Hall–Kier alpha value is -1.38. The minimum Gasteiger partial charge on any atom is -0.461 e. The molecular weight excluding hydrogens is 204 g/mol. The molecule has 0 spiro atoms. The molecule has 2 atom stereocenters. The van der Waals surface area contributed by atoms with Crippen LogP contribution in [-0.4, -0.2) is 18.9 Å². The molecule has 1 rings (SSSR count). The number of rotatable bonds is 5. The SMILES string of the molecule is C=CCOC(=O)C1C(C=C(C)C=O)C1(C)C. The molecule has 0 amide bonds.